The first kappa shape index (κ1) is 21.7. The predicted molar refractivity (Wildman–Crippen MR) is 120 cm³/mol. The number of nitrogens with zero attached hydrogens (tertiary/aromatic N) is 3. The number of aliphatic hydroxyl groups is 2. The second kappa shape index (κ2) is 6.95. The number of carbonyl (C=O) groups excluding carboxylic acids is 1. The van der Waals surface area contributed by atoms with Crippen LogP contribution in [0.25, 0.3) is 0 Å². The number of rotatable bonds is 3. The largest absolute Gasteiger partial charge is 0.492 e. The number of amides is 1. The third kappa shape index (κ3) is 2.84. The molecule has 12 nitrogen and oxygen atoms in total. The number of carbonyl (C=O) groups is 1. The van der Waals surface area contributed by atoms with E-state index in [-0.39, 0.29) is 30.4 Å². The van der Waals surface area contributed by atoms with Gasteiger partial charge in [0, 0.05) is 18.7 Å². The molecule has 1 amide bonds. The highest BCUT2D eigenvalue weighted by atomic mass is 16.5. The molecule has 4 aliphatic rings. The maximum Gasteiger partial charge on any atom is 0.255 e. The van der Waals surface area contributed by atoms with Gasteiger partial charge in [0.25, 0.3) is 5.91 Å². The summed E-state index contributed by atoms with van der Waals surface area (Å²) >= 11 is 0. The number of fused-ring (bicyclic) bond motifs is 1. The third-order valence-corrected chi connectivity index (χ3v) is 7.31. The normalized spacial score (nSPS) is 33.0. The molecule has 1 aromatic carbocycles. The van der Waals surface area contributed by atoms with Crippen LogP contribution >= 0.6 is 0 Å². The molecule has 178 valence electrons. The topological polar surface area (TPSA) is 197 Å². The van der Waals surface area contributed by atoms with Gasteiger partial charge in [-0.2, -0.15) is 0 Å². The summed E-state index contributed by atoms with van der Waals surface area (Å²) in [7, 11) is 0. The molecule has 0 bridgehead atoms. The van der Waals surface area contributed by atoms with Crippen LogP contribution in [0, 0.1) is 0 Å². The fourth-order valence-corrected chi connectivity index (χ4v) is 5.46. The molecule has 1 spiro atoms. The van der Waals surface area contributed by atoms with E-state index in [2.05, 4.69) is 34.5 Å². The standard InChI is InChI=1S/C21H30N8O4/c1-19(2)6-7-33-14-10(4-3-5-11(14)19)16(30)26-13-9-29-18(24)25-12(8-22)15-20(29,21(13,31)32)28-17(23)27-15/h3-5,12-13,15,31-32H,6-9,22H2,1-2H3,(H2,24,25)(H,26,30)(H3,23,27,28)/t12-,13?,15?,20+/m0/s1. The first-order chi connectivity index (χ1) is 15.5. The van der Waals surface area contributed by atoms with Gasteiger partial charge in [-0.25, -0.2) is 9.98 Å². The monoisotopic (exact) mass is 458 g/mol. The minimum atomic E-state index is -2.50. The van der Waals surface area contributed by atoms with Crippen LogP contribution in [-0.4, -0.2) is 82.2 Å². The van der Waals surface area contributed by atoms with Gasteiger partial charge in [-0.3, -0.25) is 4.79 Å². The maximum atomic E-state index is 13.3. The quantitative estimate of drug-likeness (QED) is 0.239. The Morgan fingerprint density at radius 2 is 2.09 bits per heavy atom. The summed E-state index contributed by atoms with van der Waals surface area (Å²) in [6.07, 6.45) is 0.830. The van der Waals surface area contributed by atoms with Crippen LogP contribution in [0.1, 0.15) is 36.2 Å². The summed E-state index contributed by atoms with van der Waals surface area (Å²) in [4.78, 5) is 23.5. The Morgan fingerprint density at radius 3 is 2.82 bits per heavy atom. The Balaban J connectivity index is 1.49. The number of hydrogen-bond donors (Lipinski definition) is 7. The molecule has 33 heavy (non-hydrogen) atoms. The molecule has 5 rings (SSSR count). The lowest BCUT2D eigenvalue weighted by atomic mass is 9.79. The van der Waals surface area contributed by atoms with Crippen LogP contribution in [0.5, 0.6) is 5.75 Å². The highest BCUT2D eigenvalue weighted by Gasteiger charge is 2.73. The molecule has 4 atom stereocenters. The molecule has 0 radical (unpaired) electrons. The van der Waals surface area contributed by atoms with Gasteiger partial charge >= 0.3 is 0 Å². The Hall–Kier alpha value is -3.09. The second-order valence-corrected chi connectivity index (χ2v) is 9.67. The van der Waals surface area contributed by atoms with Crippen molar-refractivity contribution in [2.45, 2.75) is 55.3 Å². The lowest BCUT2D eigenvalue weighted by Gasteiger charge is -2.48. The van der Waals surface area contributed by atoms with E-state index in [1.165, 1.54) is 4.90 Å². The zero-order chi connectivity index (χ0) is 23.8. The van der Waals surface area contributed by atoms with Gasteiger partial charge < -0.3 is 47.7 Å². The van der Waals surface area contributed by atoms with Crippen molar-refractivity contribution in [3.63, 3.8) is 0 Å². The van der Waals surface area contributed by atoms with Gasteiger partial charge in [0.15, 0.2) is 17.6 Å². The van der Waals surface area contributed by atoms with Gasteiger partial charge in [-0.1, -0.05) is 26.0 Å². The first-order valence-corrected chi connectivity index (χ1v) is 11.0. The molecular formula is C21H30N8O4. The Labute approximate surface area is 190 Å². The van der Waals surface area contributed by atoms with E-state index in [0.29, 0.717) is 17.9 Å². The predicted octanol–water partition coefficient (Wildman–Crippen LogP) is -2.52. The summed E-state index contributed by atoms with van der Waals surface area (Å²) in [5, 5.41) is 28.4. The smallest absolute Gasteiger partial charge is 0.255 e. The number of aliphatic imine (C=N–C) groups is 2. The zero-order valence-corrected chi connectivity index (χ0v) is 18.6. The molecule has 12 heteroatoms. The summed E-state index contributed by atoms with van der Waals surface area (Å²) in [5.74, 6) is -2.41. The Bertz CT molecular complexity index is 1070. The summed E-state index contributed by atoms with van der Waals surface area (Å²) in [6.45, 7) is 4.74. The van der Waals surface area contributed by atoms with Crippen molar-refractivity contribution in [2.24, 2.45) is 27.2 Å². The van der Waals surface area contributed by atoms with E-state index in [1.54, 1.807) is 12.1 Å². The Morgan fingerprint density at radius 1 is 1.33 bits per heavy atom. The highest BCUT2D eigenvalue weighted by Crippen LogP contribution is 2.45. The van der Waals surface area contributed by atoms with E-state index in [0.717, 1.165) is 12.0 Å². The second-order valence-electron chi connectivity index (χ2n) is 9.67. The summed E-state index contributed by atoms with van der Waals surface area (Å²) in [5.41, 5.74) is 17.4. The number of nitrogens with one attached hydrogen (secondary N) is 2. The molecule has 1 saturated heterocycles. The Kier molecular flexibility index (Phi) is 4.58. The highest BCUT2D eigenvalue weighted by molar-refractivity contribution is 5.98. The molecular weight excluding hydrogens is 428 g/mol. The first-order valence-electron chi connectivity index (χ1n) is 11.0. The minimum absolute atomic E-state index is 0.0144. The number of hydrogen-bond acceptors (Lipinski definition) is 11. The molecule has 0 saturated carbocycles. The van der Waals surface area contributed by atoms with E-state index in [9.17, 15) is 15.0 Å². The molecule has 4 aliphatic heterocycles. The van der Waals surface area contributed by atoms with E-state index in [1.807, 2.05) is 6.07 Å². The van der Waals surface area contributed by atoms with Gasteiger partial charge in [0.2, 0.25) is 5.79 Å². The van der Waals surface area contributed by atoms with Crippen LogP contribution in [0.2, 0.25) is 0 Å². The van der Waals surface area contributed by atoms with Crippen LogP contribution < -0.4 is 32.6 Å². The van der Waals surface area contributed by atoms with Crippen molar-refractivity contribution in [2.75, 3.05) is 19.7 Å². The van der Waals surface area contributed by atoms with E-state index >= 15 is 0 Å². The van der Waals surface area contributed by atoms with Crippen molar-refractivity contribution in [3.8, 4) is 5.75 Å². The SMILES string of the molecule is CC1(C)CCOc2c(C(=O)NC3CN4C(N)=N[C@@H](CN)C5N=C(N)N[C@]54C3(O)O)cccc21. The number of benzene rings is 1. The van der Waals surface area contributed by atoms with Gasteiger partial charge in [0.05, 0.1) is 18.2 Å². The average molecular weight is 459 g/mol. The van der Waals surface area contributed by atoms with Crippen LogP contribution in [0.3, 0.4) is 0 Å². The van der Waals surface area contributed by atoms with Crippen molar-refractivity contribution < 1.29 is 19.7 Å². The van der Waals surface area contributed by atoms with E-state index in [4.69, 9.17) is 21.9 Å². The lowest BCUT2D eigenvalue weighted by molar-refractivity contribution is -0.230. The van der Waals surface area contributed by atoms with Gasteiger partial charge in [-0.15, -0.1) is 0 Å². The number of nitrogens with two attached hydrogens (primary N) is 3. The lowest BCUT2D eigenvalue weighted by Crippen LogP contribution is -2.78. The molecule has 0 aromatic heterocycles. The van der Waals surface area contributed by atoms with Crippen molar-refractivity contribution in [3.05, 3.63) is 29.3 Å². The number of para-hydroxylation sites is 1. The summed E-state index contributed by atoms with van der Waals surface area (Å²) < 4.78 is 5.85. The molecule has 1 aromatic rings. The van der Waals surface area contributed by atoms with Gasteiger partial charge in [0.1, 0.15) is 17.8 Å². The van der Waals surface area contributed by atoms with E-state index < -0.39 is 35.5 Å². The molecule has 1 fully saturated rings. The summed E-state index contributed by atoms with van der Waals surface area (Å²) in [6, 6.07) is 2.84. The van der Waals surface area contributed by atoms with Crippen LogP contribution in [-0.2, 0) is 5.41 Å². The van der Waals surface area contributed by atoms with Crippen molar-refractivity contribution in [1.82, 2.24) is 15.5 Å². The number of guanidine groups is 2. The van der Waals surface area contributed by atoms with Crippen LogP contribution in [0.4, 0.5) is 0 Å². The van der Waals surface area contributed by atoms with Crippen molar-refractivity contribution >= 4 is 17.8 Å². The molecule has 0 aliphatic carbocycles. The average Bonchev–Trinajstić information content (AvgIpc) is 3.22. The maximum absolute atomic E-state index is 13.3. The van der Waals surface area contributed by atoms with Gasteiger partial charge in [-0.05, 0) is 17.9 Å². The molecule has 10 N–H and O–H groups in total. The molecule has 4 heterocycles. The van der Waals surface area contributed by atoms with Crippen LogP contribution in [0.15, 0.2) is 28.2 Å². The zero-order valence-electron chi connectivity index (χ0n) is 18.6. The fourth-order valence-electron chi connectivity index (χ4n) is 5.46. The minimum Gasteiger partial charge on any atom is -0.492 e. The molecule has 2 unspecified atom stereocenters. The third-order valence-electron chi connectivity index (χ3n) is 7.31. The van der Waals surface area contributed by atoms with Crippen molar-refractivity contribution in [1.29, 1.82) is 0 Å². The number of ether oxygens (including phenoxy) is 1. The fraction of sp³-hybridized carbons (Fsp3) is 0.571.